The molecular weight excluding hydrogens is 282 g/mol. The van der Waals surface area contributed by atoms with Gasteiger partial charge in [-0.15, -0.1) is 0 Å². The van der Waals surface area contributed by atoms with E-state index in [1.165, 1.54) is 0 Å². The predicted octanol–water partition coefficient (Wildman–Crippen LogP) is 0.376. The fraction of sp³-hybridized carbons (Fsp3) is 0.167. The molecule has 0 unspecified atom stereocenters. The molecular formula is C12H13N3O4S. The van der Waals surface area contributed by atoms with Crippen molar-refractivity contribution in [2.24, 2.45) is 0 Å². The molecule has 2 rings (SSSR count). The van der Waals surface area contributed by atoms with Crippen LogP contribution in [0.3, 0.4) is 0 Å². The summed E-state index contributed by atoms with van der Waals surface area (Å²) in [4.78, 5) is 10.4. The van der Waals surface area contributed by atoms with Gasteiger partial charge in [-0.3, -0.25) is 4.79 Å². The number of nitrogens with one attached hydrogen (secondary N) is 1. The Labute approximate surface area is 115 Å². The van der Waals surface area contributed by atoms with Crippen LogP contribution in [-0.2, 0) is 21.4 Å². The van der Waals surface area contributed by atoms with Gasteiger partial charge in [0, 0.05) is 18.9 Å². The van der Waals surface area contributed by atoms with E-state index in [1.54, 1.807) is 41.3 Å². The lowest BCUT2D eigenvalue weighted by Crippen LogP contribution is -2.29. The molecule has 2 N–H and O–H groups in total. The van der Waals surface area contributed by atoms with Gasteiger partial charge in [-0.2, -0.15) is 5.10 Å². The van der Waals surface area contributed by atoms with Gasteiger partial charge < -0.3 is 5.11 Å². The highest BCUT2D eigenvalue weighted by atomic mass is 32.2. The lowest BCUT2D eigenvalue weighted by Gasteiger charge is -2.10. The van der Waals surface area contributed by atoms with E-state index in [0.717, 1.165) is 5.69 Å². The second-order valence-corrected chi connectivity index (χ2v) is 5.86. The summed E-state index contributed by atoms with van der Waals surface area (Å²) < 4.78 is 26.9. The van der Waals surface area contributed by atoms with Crippen LogP contribution in [0.1, 0.15) is 5.56 Å². The Balaban J connectivity index is 2.17. The topological polar surface area (TPSA) is 101 Å². The summed E-state index contributed by atoms with van der Waals surface area (Å²) >= 11 is 0. The number of carboxylic acid groups (broad SMARTS) is 1. The smallest absolute Gasteiger partial charge is 0.320 e. The zero-order valence-corrected chi connectivity index (χ0v) is 11.2. The third kappa shape index (κ3) is 3.65. The van der Waals surface area contributed by atoms with Crippen molar-refractivity contribution in [1.82, 2.24) is 14.5 Å². The number of aromatic nitrogens is 2. The second-order valence-electron chi connectivity index (χ2n) is 4.05. The van der Waals surface area contributed by atoms with Crippen LogP contribution < -0.4 is 4.72 Å². The van der Waals surface area contributed by atoms with E-state index in [2.05, 4.69) is 9.82 Å². The SMILES string of the molecule is O=C(O)CS(=O)(=O)NCc1ccccc1-n1cccn1. The Hall–Kier alpha value is -2.19. The molecule has 1 aromatic carbocycles. The number of carboxylic acids is 1. The number of nitrogens with zero attached hydrogens (tertiary/aromatic N) is 2. The van der Waals surface area contributed by atoms with E-state index < -0.39 is 21.7 Å². The quantitative estimate of drug-likeness (QED) is 0.802. The normalized spacial score (nSPS) is 11.4. The summed E-state index contributed by atoms with van der Waals surface area (Å²) in [6, 6.07) is 8.89. The molecule has 0 aliphatic carbocycles. The van der Waals surface area contributed by atoms with Crippen molar-refractivity contribution in [3.05, 3.63) is 48.3 Å². The number of hydrogen-bond donors (Lipinski definition) is 2. The van der Waals surface area contributed by atoms with Crippen LogP contribution in [-0.4, -0.2) is 35.0 Å². The van der Waals surface area contributed by atoms with Crippen LogP contribution in [0.15, 0.2) is 42.7 Å². The van der Waals surface area contributed by atoms with E-state index in [0.29, 0.717) is 5.56 Å². The molecule has 0 atom stereocenters. The van der Waals surface area contributed by atoms with E-state index >= 15 is 0 Å². The Morgan fingerprint density at radius 2 is 2.05 bits per heavy atom. The monoisotopic (exact) mass is 295 g/mol. The maximum atomic E-state index is 11.5. The standard InChI is InChI=1S/C12H13N3O4S/c16-12(17)9-20(18,19)14-8-10-4-1-2-5-11(10)15-7-3-6-13-15/h1-7,14H,8-9H2,(H,16,17). The third-order valence-corrected chi connectivity index (χ3v) is 3.75. The van der Waals surface area contributed by atoms with Crippen molar-refractivity contribution in [3.8, 4) is 5.69 Å². The molecule has 0 fully saturated rings. The van der Waals surface area contributed by atoms with Gasteiger partial charge in [0.05, 0.1) is 5.69 Å². The summed E-state index contributed by atoms with van der Waals surface area (Å²) in [5.74, 6) is -2.34. The molecule has 0 aliphatic rings. The minimum atomic E-state index is -3.84. The first-order valence-electron chi connectivity index (χ1n) is 5.75. The van der Waals surface area contributed by atoms with Gasteiger partial charge >= 0.3 is 5.97 Å². The van der Waals surface area contributed by atoms with Crippen molar-refractivity contribution < 1.29 is 18.3 Å². The molecule has 0 bridgehead atoms. The molecule has 7 nitrogen and oxygen atoms in total. The Bertz CT molecular complexity index is 695. The molecule has 0 aliphatic heterocycles. The van der Waals surface area contributed by atoms with Crippen LogP contribution >= 0.6 is 0 Å². The fourth-order valence-corrected chi connectivity index (χ4v) is 2.50. The van der Waals surface area contributed by atoms with E-state index in [-0.39, 0.29) is 6.54 Å². The molecule has 0 radical (unpaired) electrons. The molecule has 8 heteroatoms. The summed E-state index contributed by atoms with van der Waals surface area (Å²) in [5, 5.41) is 12.6. The minimum Gasteiger partial charge on any atom is -0.480 e. The highest BCUT2D eigenvalue weighted by Gasteiger charge is 2.15. The maximum absolute atomic E-state index is 11.5. The highest BCUT2D eigenvalue weighted by molar-refractivity contribution is 7.90. The molecule has 2 aromatic rings. The molecule has 0 saturated carbocycles. The largest absolute Gasteiger partial charge is 0.480 e. The first kappa shape index (κ1) is 14.2. The number of para-hydroxylation sites is 1. The first-order chi connectivity index (χ1) is 9.48. The zero-order chi connectivity index (χ0) is 14.6. The first-order valence-corrected chi connectivity index (χ1v) is 7.40. The highest BCUT2D eigenvalue weighted by Crippen LogP contribution is 2.13. The number of sulfonamides is 1. The zero-order valence-electron chi connectivity index (χ0n) is 10.4. The number of rotatable bonds is 6. The van der Waals surface area contributed by atoms with E-state index in [9.17, 15) is 13.2 Å². The summed E-state index contributed by atoms with van der Waals surface area (Å²) in [6.45, 7) is 0.00560. The summed E-state index contributed by atoms with van der Waals surface area (Å²) in [5.41, 5.74) is 1.43. The molecule has 0 amide bonds. The van der Waals surface area contributed by atoms with E-state index in [1.807, 2.05) is 6.07 Å². The molecule has 106 valence electrons. The second kappa shape index (κ2) is 5.85. The van der Waals surface area contributed by atoms with Crippen molar-refractivity contribution in [2.75, 3.05) is 5.75 Å². The van der Waals surface area contributed by atoms with Gasteiger partial charge in [0.2, 0.25) is 10.0 Å². The van der Waals surface area contributed by atoms with Crippen LogP contribution in [0, 0.1) is 0 Å². The molecule has 1 heterocycles. The van der Waals surface area contributed by atoms with Crippen LogP contribution in [0.2, 0.25) is 0 Å². The van der Waals surface area contributed by atoms with Gasteiger partial charge in [-0.1, -0.05) is 18.2 Å². The van der Waals surface area contributed by atoms with Crippen LogP contribution in [0.5, 0.6) is 0 Å². The Morgan fingerprint density at radius 1 is 1.30 bits per heavy atom. The number of aliphatic carboxylic acids is 1. The van der Waals surface area contributed by atoms with Crippen LogP contribution in [0.25, 0.3) is 5.69 Å². The summed E-state index contributed by atoms with van der Waals surface area (Å²) in [6.07, 6.45) is 3.36. The average molecular weight is 295 g/mol. The van der Waals surface area contributed by atoms with Crippen molar-refractivity contribution in [3.63, 3.8) is 0 Å². The van der Waals surface area contributed by atoms with Gasteiger partial charge in [-0.05, 0) is 17.7 Å². The van der Waals surface area contributed by atoms with Crippen LogP contribution in [0.4, 0.5) is 0 Å². The lowest BCUT2D eigenvalue weighted by molar-refractivity contribution is -0.134. The van der Waals surface area contributed by atoms with Crippen molar-refractivity contribution >= 4 is 16.0 Å². The lowest BCUT2D eigenvalue weighted by atomic mass is 10.2. The minimum absolute atomic E-state index is 0.00560. The Morgan fingerprint density at radius 3 is 2.70 bits per heavy atom. The number of hydrogen-bond acceptors (Lipinski definition) is 4. The molecule has 0 saturated heterocycles. The van der Waals surface area contributed by atoms with Gasteiger partial charge in [0.1, 0.15) is 0 Å². The van der Waals surface area contributed by atoms with Crippen molar-refractivity contribution in [2.45, 2.75) is 6.54 Å². The summed E-state index contributed by atoms with van der Waals surface area (Å²) in [7, 11) is -3.84. The van der Waals surface area contributed by atoms with Crippen molar-refractivity contribution in [1.29, 1.82) is 0 Å². The molecule has 20 heavy (non-hydrogen) atoms. The maximum Gasteiger partial charge on any atom is 0.320 e. The van der Waals surface area contributed by atoms with E-state index in [4.69, 9.17) is 5.11 Å². The Kier molecular flexibility index (Phi) is 4.16. The van der Waals surface area contributed by atoms with Gasteiger partial charge in [-0.25, -0.2) is 17.8 Å². The number of carbonyl (C=O) groups is 1. The predicted molar refractivity (Wildman–Crippen MR) is 71.8 cm³/mol. The molecule has 1 aromatic heterocycles. The van der Waals surface area contributed by atoms with Gasteiger partial charge in [0.15, 0.2) is 5.75 Å². The number of benzene rings is 1. The third-order valence-electron chi connectivity index (χ3n) is 2.54. The molecule has 0 spiro atoms. The fourth-order valence-electron chi connectivity index (χ4n) is 1.70. The van der Waals surface area contributed by atoms with Gasteiger partial charge in [0.25, 0.3) is 0 Å². The average Bonchev–Trinajstić information content (AvgIpc) is 2.89.